The van der Waals surface area contributed by atoms with E-state index in [0.717, 1.165) is 18.8 Å². The summed E-state index contributed by atoms with van der Waals surface area (Å²) in [4.78, 5) is 10.7. The molecule has 1 N–H and O–H groups in total. The Kier molecular flexibility index (Phi) is 4.98. The van der Waals surface area contributed by atoms with Crippen molar-refractivity contribution >= 4 is 5.95 Å². The molecule has 5 heteroatoms. The van der Waals surface area contributed by atoms with Crippen LogP contribution in [0.4, 0.5) is 5.95 Å². The fourth-order valence-electron chi connectivity index (χ4n) is 1.23. The zero-order valence-electron chi connectivity index (χ0n) is 10.4. The van der Waals surface area contributed by atoms with Crippen molar-refractivity contribution in [3.8, 4) is 5.88 Å². The van der Waals surface area contributed by atoms with Crippen LogP contribution in [0.25, 0.3) is 0 Å². The minimum Gasteiger partial charge on any atom is -0.478 e. The SMILES string of the molecule is CCOc1cc(C)nc(NCCN(C)C)n1. The zero-order chi connectivity index (χ0) is 12.0. The summed E-state index contributed by atoms with van der Waals surface area (Å²) in [5, 5.41) is 3.17. The molecule has 0 saturated heterocycles. The van der Waals surface area contributed by atoms with Gasteiger partial charge in [-0.25, -0.2) is 4.98 Å². The topological polar surface area (TPSA) is 50.3 Å². The van der Waals surface area contributed by atoms with Gasteiger partial charge in [0.2, 0.25) is 11.8 Å². The van der Waals surface area contributed by atoms with Crippen LogP contribution in [0.2, 0.25) is 0 Å². The molecule has 0 amide bonds. The molecule has 5 nitrogen and oxygen atoms in total. The van der Waals surface area contributed by atoms with Crippen LogP contribution in [0.15, 0.2) is 6.07 Å². The summed E-state index contributed by atoms with van der Waals surface area (Å²) in [6.45, 7) is 6.26. The number of rotatable bonds is 6. The number of hydrogen-bond donors (Lipinski definition) is 1. The van der Waals surface area contributed by atoms with Crippen LogP contribution in [0.5, 0.6) is 5.88 Å². The van der Waals surface area contributed by atoms with E-state index >= 15 is 0 Å². The molecule has 0 spiro atoms. The van der Waals surface area contributed by atoms with Crippen molar-refractivity contribution < 1.29 is 4.74 Å². The second-order valence-electron chi connectivity index (χ2n) is 3.83. The van der Waals surface area contributed by atoms with Gasteiger partial charge in [0.05, 0.1) is 6.61 Å². The first kappa shape index (κ1) is 12.7. The van der Waals surface area contributed by atoms with Crippen molar-refractivity contribution in [1.82, 2.24) is 14.9 Å². The summed E-state index contributed by atoms with van der Waals surface area (Å²) in [6, 6.07) is 1.83. The Balaban J connectivity index is 2.58. The molecule has 0 saturated carbocycles. The molecule has 0 aliphatic heterocycles. The van der Waals surface area contributed by atoms with Crippen molar-refractivity contribution in [2.24, 2.45) is 0 Å². The number of aromatic nitrogens is 2. The number of likely N-dealkylation sites (N-methyl/N-ethyl adjacent to an activating group) is 1. The van der Waals surface area contributed by atoms with Gasteiger partial charge >= 0.3 is 0 Å². The molecule has 1 aromatic rings. The normalized spacial score (nSPS) is 10.6. The minimum atomic E-state index is 0.619. The number of aryl methyl sites for hydroxylation is 1. The van der Waals surface area contributed by atoms with Gasteiger partial charge in [-0.05, 0) is 27.9 Å². The maximum absolute atomic E-state index is 5.35. The lowest BCUT2D eigenvalue weighted by Crippen LogP contribution is -2.21. The van der Waals surface area contributed by atoms with E-state index in [2.05, 4.69) is 20.2 Å². The fourth-order valence-corrected chi connectivity index (χ4v) is 1.23. The monoisotopic (exact) mass is 224 g/mol. The van der Waals surface area contributed by atoms with Crippen molar-refractivity contribution in [2.45, 2.75) is 13.8 Å². The van der Waals surface area contributed by atoms with E-state index in [1.54, 1.807) is 0 Å². The lowest BCUT2D eigenvalue weighted by Gasteiger charge is -2.11. The van der Waals surface area contributed by atoms with Gasteiger partial charge in [0.25, 0.3) is 0 Å². The van der Waals surface area contributed by atoms with Crippen molar-refractivity contribution in [1.29, 1.82) is 0 Å². The zero-order valence-corrected chi connectivity index (χ0v) is 10.4. The highest BCUT2D eigenvalue weighted by Crippen LogP contribution is 2.11. The first-order valence-electron chi connectivity index (χ1n) is 5.49. The lowest BCUT2D eigenvalue weighted by atomic mass is 10.4. The number of hydrogen-bond acceptors (Lipinski definition) is 5. The van der Waals surface area contributed by atoms with Crippen LogP contribution in [0.1, 0.15) is 12.6 Å². The molecule has 0 atom stereocenters. The molecule has 16 heavy (non-hydrogen) atoms. The van der Waals surface area contributed by atoms with Gasteiger partial charge < -0.3 is 15.0 Å². The van der Waals surface area contributed by atoms with Gasteiger partial charge in [-0.1, -0.05) is 0 Å². The van der Waals surface area contributed by atoms with E-state index < -0.39 is 0 Å². The minimum absolute atomic E-state index is 0.619. The quantitative estimate of drug-likeness (QED) is 0.785. The van der Waals surface area contributed by atoms with Crippen LogP contribution in [-0.4, -0.2) is 48.7 Å². The van der Waals surface area contributed by atoms with E-state index in [1.165, 1.54) is 0 Å². The van der Waals surface area contributed by atoms with E-state index in [1.807, 2.05) is 34.0 Å². The summed E-state index contributed by atoms with van der Waals surface area (Å²) in [6.07, 6.45) is 0. The molecular formula is C11H20N4O. The molecule has 0 radical (unpaired) electrons. The predicted octanol–water partition coefficient (Wildman–Crippen LogP) is 1.16. The summed E-state index contributed by atoms with van der Waals surface area (Å²) in [5.41, 5.74) is 0.908. The van der Waals surface area contributed by atoms with E-state index in [0.29, 0.717) is 18.4 Å². The highest BCUT2D eigenvalue weighted by molar-refractivity contribution is 5.30. The summed E-state index contributed by atoms with van der Waals surface area (Å²) in [7, 11) is 4.06. The summed E-state index contributed by atoms with van der Waals surface area (Å²) < 4.78 is 5.35. The highest BCUT2D eigenvalue weighted by atomic mass is 16.5. The first-order valence-corrected chi connectivity index (χ1v) is 5.49. The second kappa shape index (κ2) is 6.27. The van der Waals surface area contributed by atoms with Crippen LogP contribution < -0.4 is 10.1 Å². The van der Waals surface area contributed by atoms with E-state index in [4.69, 9.17) is 4.74 Å². The van der Waals surface area contributed by atoms with Crippen LogP contribution in [-0.2, 0) is 0 Å². The predicted molar refractivity (Wildman–Crippen MR) is 65.0 cm³/mol. The van der Waals surface area contributed by atoms with Gasteiger partial charge in [0, 0.05) is 24.8 Å². The maximum Gasteiger partial charge on any atom is 0.226 e. The summed E-state index contributed by atoms with van der Waals surface area (Å²) in [5.74, 6) is 1.26. The molecule has 0 bridgehead atoms. The molecule has 0 fully saturated rings. The summed E-state index contributed by atoms with van der Waals surface area (Å²) >= 11 is 0. The van der Waals surface area contributed by atoms with Crippen LogP contribution in [0, 0.1) is 6.92 Å². The van der Waals surface area contributed by atoms with Crippen molar-refractivity contribution in [2.75, 3.05) is 39.1 Å². The molecule has 90 valence electrons. The Morgan fingerprint density at radius 1 is 1.38 bits per heavy atom. The lowest BCUT2D eigenvalue weighted by molar-refractivity contribution is 0.326. The third kappa shape index (κ3) is 4.44. The molecular weight excluding hydrogens is 204 g/mol. The van der Waals surface area contributed by atoms with Gasteiger partial charge in [-0.3, -0.25) is 0 Å². The van der Waals surface area contributed by atoms with Crippen LogP contribution >= 0.6 is 0 Å². The fraction of sp³-hybridized carbons (Fsp3) is 0.636. The van der Waals surface area contributed by atoms with Crippen molar-refractivity contribution in [3.63, 3.8) is 0 Å². The smallest absolute Gasteiger partial charge is 0.226 e. The van der Waals surface area contributed by atoms with E-state index in [-0.39, 0.29) is 0 Å². The number of nitrogens with one attached hydrogen (secondary N) is 1. The average Bonchev–Trinajstić information content (AvgIpc) is 2.16. The molecule has 0 aliphatic carbocycles. The molecule has 1 rings (SSSR count). The Labute approximate surface area is 96.8 Å². The highest BCUT2D eigenvalue weighted by Gasteiger charge is 2.02. The van der Waals surface area contributed by atoms with Gasteiger partial charge in [-0.15, -0.1) is 0 Å². The number of ether oxygens (including phenoxy) is 1. The third-order valence-electron chi connectivity index (χ3n) is 1.97. The van der Waals surface area contributed by atoms with Crippen LogP contribution in [0.3, 0.4) is 0 Å². The molecule has 1 heterocycles. The Bertz CT molecular complexity index is 328. The van der Waals surface area contributed by atoms with Gasteiger partial charge in [0.15, 0.2) is 0 Å². The van der Waals surface area contributed by atoms with Gasteiger partial charge in [0.1, 0.15) is 0 Å². The Morgan fingerprint density at radius 3 is 2.75 bits per heavy atom. The Morgan fingerprint density at radius 2 is 2.12 bits per heavy atom. The first-order chi connectivity index (χ1) is 7.61. The molecule has 0 aromatic carbocycles. The number of nitrogens with zero attached hydrogens (tertiary/aromatic N) is 3. The molecule has 0 unspecified atom stereocenters. The average molecular weight is 224 g/mol. The second-order valence-corrected chi connectivity index (χ2v) is 3.83. The molecule has 0 aliphatic rings. The third-order valence-corrected chi connectivity index (χ3v) is 1.97. The van der Waals surface area contributed by atoms with Gasteiger partial charge in [-0.2, -0.15) is 4.98 Å². The molecule has 1 aromatic heterocycles. The maximum atomic E-state index is 5.35. The van der Waals surface area contributed by atoms with Crippen molar-refractivity contribution in [3.05, 3.63) is 11.8 Å². The standard InChI is InChI=1S/C11H20N4O/c1-5-16-10-8-9(2)13-11(14-10)12-6-7-15(3)4/h8H,5-7H2,1-4H3,(H,12,13,14). The van der Waals surface area contributed by atoms with E-state index in [9.17, 15) is 0 Å². The largest absolute Gasteiger partial charge is 0.478 e. The Hall–Kier alpha value is -1.36. The number of anilines is 1.